The van der Waals surface area contributed by atoms with Crippen LogP contribution in [0.25, 0.3) is 0 Å². The lowest BCUT2D eigenvalue weighted by atomic mass is 10.2. The first-order chi connectivity index (χ1) is 5.41. The highest BCUT2D eigenvalue weighted by molar-refractivity contribution is 7.79. The first kappa shape index (κ1) is 9.15. The summed E-state index contributed by atoms with van der Waals surface area (Å²) in [5.41, 5.74) is 1.80. The minimum Gasteiger partial charge on any atom is -0.233 e. The quantitative estimate of drug-likeness (QED) is 0.507. The fourth-order valence-corrected chi connectivity index (χ4v) is 1.30. The number of hydrogen-bond donors (Lipinski definition) is 1. The van der Waals surface area contributed by atoms with E-state index in [9.17, 15) is 8.42 Å². The van der Waals surface area contributed by atoms with Crippen LogP contribution < -0.4 is 3.97 Å². The van der Waals surface area contributed by atoms with Crippen LogP contribution in [0.3, 0.4) is 0 Å². The van der Waals surface area contributed by atoms with Crippen molar-refractivity contribution in [3.05, 3.63) is 29.6 Å². The van der Waals surface area contributed by atoms with Crippen LogP contribution in [0.15, 0.2) is 18.5 Å². The van der Waals surface area contributed by atoms with Gasteiger partial charge in [0.25, 0.3) is 0 Å². The Morgan fingerprint density at radius 1 is 1.33 bits per heavy atom. The van der Waals surface area contributed by atoms with Gasteiger partial charge in [-0.15, -0.1) is 8.42 Å². The molecule has 0 spiro atoms. The van der Waals surface area contributed by atoms with Crippen molar-refractivity contribution in [2.75, 3.05) is 0 Å². The van der Waals surface area contributed by atoms with Gasteiger partial charge in [-0.25, -0.2) is 4.55 Å². The summed E-state index contributed by atoms with van der Waals surface area (Å²) in [5, 5.41) is 0. The summed E-state index contributed by atoms with van der Waals surface area (Å²) in [6.45, 7) is 3.64. The standard InChI is InChI=1S/C7H9NO3S/c1-6-3-4-8(5-7(6)2)12(9,10)11/h3-5H,1-2H3/p+1. The number of pyridine rings is 1. The van der Waals surface area contributed by atoms with Gasteiger partial charge in [-0.1, -0.05) is 3.97 Å². The van der Waals surface area contributed by atoms with E-state index < -0.39 is 10.3 Å². The summed E-state index contributed by atoms with van der Waals surface area (Å²) in [7, 11) is -4.13. The predicted molar refractivity (Wildman–Crippen MR) is 43.1 cm³/mol. The highest BCUT2D eigenvalue weighted by Crippen LogP contribution is 2.00. The van der Waals surface area contributed by atoms with Gasteiger partial charge in [-0.2, -0.15) is 0 Å². The topological polar surface area (TPSA) is 58.2 Å². The molecule has 0 unspecified atom stereocenters. The zero-order chi connectivity index (χ0) is 9.35. The summed E-state index contributed by atoms with van der Waals surface area (Å²) < 4.78 is 30.6. The van der Waals surface area contributed by atoms with Gasteiger partial charge in [-0.05, 0) is 19.4 Å². The molecule has 1 aromatic heterocycles. The lowest BCUT2D eigenvalue weighted by molar-refractivity contribution is -0.519. The molecule has 66 valence electrons. The largest absolute Gasteiger partial charge is 0.511 e. The summed E-state index contributed by atoms with van der Waals surface area (Å²) >= 11 is 0. The van der Waals surface area contributed by atoms with Gasteiger partial charge < -0.3 is 0 Å². The molecule has 0 atom stereocenters. The van der Waals surface area contributed by atoms with E-state index in [0.29, 0.717) is 0 Å². The lowest BCUT2D eigenvalue weighted by Gasteiger charge is -1.95. The Hall–Kier alpha value is -0.940. The maximum absolute atomic E-state index is 10.6. The molecule has 0 aliphatic rings. The Kier molecular flexibility index (Phi) is 2.16. The number of nitrogens with zero attached hydrogens (tertiary/aromatic N) is 1. The SMILES string of the molecule is Cc1cc[n+](S(=O)(=O)O)cc1C. The van der Waals surface area contributed by atoms with Crippen molar-refractivity contribution in [1.82, 2.24) is 0 Å². The van der Waals surface area contributed by atoms with Crippen LogP contribution in [0.4, 0.5) is 0 Å². The van der Waals surface area contributed by atoms with Gasteiger partial charge in [0.05, 0.1) is 0 Å². The average Bonchev–Trinajstić information content (AvgIpc) is 1.92. The molecule has 4 nitrogen and oxygen atoms in total. The summed E-state index contributed by atoms with van der Waals surface area (Å²) in [6, 6.07) is 1.63. The summed E-state index contributed by atoms with van der Waals surface area (Å²) in [6.07, 6.45) is 2.67. The number of aromatic nitrogens is 1. The smallest absolute Gasteiger partial charge is 0.233 e. The Morgan fingerprint density at radius 2 is 1.92 bits per heavy atom. The van der Waals surface area contributed by atoms with Crippen LogP contribution in [0.1, 0.15) is 11.1 Å². The zero-order valence-electron chi connectivity index (χ0n) is 6.85. The molecule has 0 radical (unpaired) electrons. The molecular weight excluding hydrogens is 178 g/mol. The Labute approximate surface area is 71.4 Å². The molecule has 1 heterocycles. The van der Waals surface area contributed by atoms with E-state index in [1.54, 1.807) is 13.0 Å². The first-order valence-electron chi connectivity index (χ1n) is 3.38. The fourth-order valence-electron chi connectivity index (χ4n) is 0.796. The van der Waals surface area contributed by atoms with E-state index >= 15 is 0 Å². The molecule has 1 rings (SSSR count). The van der Waals surface area contributed by atoms with Crippen LogP contribution >= 0.6 is 0 Å². The zero-order valence-corrected chi connectivity index (χ0v) is 7.67. The number of hydrogen-bond acceptors (Lipinski definition) is 2. The van der Waals surface area contributed by atoms with E-state index in [4.69, 9.17) is 4.55 Å². The minimum absolute atomic E-state index is 0.773. The molecule has 0 aliphatic heterocycles. The second-order valence-corrected chi connectivity index (χ2v) is 3.94. The van der Waals surface area contributed by atoms with Gasteiger partial charge in [0.1, 0.15) is 0 Å². The van der Waals surface area contributed by atoms with Gasteiger partial charge >= 0.3 is 10.3 Å². The van der Waals surface area contributed by atoms with Crippen molar-refractivity contribution in [2.24, 2.45) is 0 Å². The van der Waals surface area contributed by atoms with Crippen LogP contribution in [-0.2, 0) is 10.3 Å². The van der Waals surface area contributed by atoms with Gasteiger partial charge in [0.2, 0.25) is 0 Å². The van der Waals surface area contributed by atoms with Crippen molar-refractivity contribution < 1.29 is 16.9 Å². The van der Waals surface area contributed by atoms with Gasteiger partial charge in [0, 0.05) is 11.6 Å². The Morgan fingerprint density at radius 3 is 2.33 bits per heavy atom. The van der Waals surface area contributed by atoms with Crippen molar-refractivity contribution in [3.63, 3.8) is 0 Å². The molecule has 0 bridgehead atoms. The highest BCUT2D eigenvalue weighted by Gasteiger charge is 2.17. The molecule has 0 saturated carbocycles. The molecule has 5 heteroatoms. The predicted octanol–water partition coefficient (Wildman–Crippen LogP) is 0.242. The fraction of sp³-hybridized carbons (Fsp3) is 0.286. The van der Waals surface area contributed by atoms with Gasteiger partial charge in [0.15, 0.2) is 12.4 Å². The van der Waals surface area contributed by atoms with Crippen molar-refractivity contribution in [1.29, 1.82) is 0 Å². The number of rotatable bonds is 1. The van der Waals surface area contributed by atoms with Crippen molar-refractivity contribution >= 4 is 10.3 Å². The third kappa shape index (κ3) is 1.80. The monoisotopic (exact) mass is 188 g/mol. The molecule has 0 fully saturated rings. The maximum Gasteiger partial charge on any atom is 0.511 e. The molecule has 0 aromatic carbocycles. The molecule has 0 aliphatic carbocycles. The number of aryl methyl sites for hydroxylation is 2. The first-order valence-corrected chi connectivity index (χ1v) is 4.77. The summed E-state index contributed by atoms with van der Waals surface area (Å²) in [4.78, 5) is 0. The van der Waals surface area contributed by atoms with Crippen molar-refractivity contribution in [2.45, 2.75) is 13.8 Å². The highest BCUT2D eigenvalue weighted by atomic mass is 32.2. The molecular formula is C7H10NO3S+. The Balaban J connectivity index is 3.33. The summed E-state index contributed by atoms with van der Waals surface area (Å²) in [5.74, 6) is 0. The molecule has 0 amide bonds. The molecule has 12 heavy (non-hydrogen) atoms. The molecule has 1 N–H and O–H groups in total. The second kappa shape index (κ2) is 2.84. The molecule has 0 saturated heterocycles. The third-order valence-corrected chi connectivity index (χ3v) is 2.44. The van der Waals surface area contributed by atoms with E-state index in [1.807, 2.05) is 6.92 Å². The van der Waals surface area contributed by atoms with Crippen LogP contribution in [0.5, 0.6) is 0 Å². The average molecular weight is 188 g/mol. The van der Waals surface area contributed by atoms with Crippen LogP contribution in [0, 0.1) is 13.8 Å². The van der Waals surface area contributed by atoms with E-state index in [-0.39, 0.29) is 0 Å². The van der Waals surface area contributed by atoms with Crippen LogP contribution in [0.2, 0.25) is 0 Å². The van der Waals surface area contributed by atoms with E-state index in [1.165, 1.54) is 12.4 Å². The van der Waals surface area contributed by atoms with E-state index in [0.717, 1.165) is 15.1 Å². The minimum atomic E-state index is -4.13. The Bertz CT molecular complexity index is 397. The lowest BCUT2D eigenvalue weighted by Crippen LogP contribution is -2.41. The maximum atomic E-state index is 10.6. The third-order valence-electron chi connectivity index (χ3n) is 1.68. The second-order valence-electron chi connectivity index (χ2n) is 2.62. The normalized spacial score (nSPS) is 11.6. The van der Waals surface area contributed by atoms with Crippen molar-refractivity contribution in [3.8, 4) is 0 Å². The van der Waals surface area contributed by atoms with E-state index in [2.05, 4.69) is 0 Å². The molecule has 1 aromatic rings. The van der Waals surface area contributed by atoms with Gasteiger partial charge in [-0.3, -0.25) is 0 Å². The van der Waals surface area contributed by atoms with Crippen LogP contribution in [-0.4, -0.2) is 13.0 Å².